The molecule has 4 aliphatic rings. The van der Waals surface area contributed by atoms with Gasteiger partial charge in [0.2, 0.25) is 47.3 Å². The van der Waals surface area contributed by atoms with E-state index in [1.807, 2.05) is 0 Å². The van der Waals surface area contributed by atoms with Crippen molar-refractivity contribution in [1.29, 1.82) is 0 Å². The second-order valence-corrected chi connectivity index (χ2v) is 29.5. The number of ether oxygens (including phenoxy) is 17. The monoisotopic (exact) mass is 1820 g/mol. The van der Waals surface area contributed by atoms with Gasteiger partial charge in [0.1, 0.15) is 95.7 Å². The van der Waals surface area contributed by atoms with Crippen molar-refractivity contribution in [1.82, 2.24) is 81.8 Å². The van der Waals surface area contributed by atoms with Crippen molar-refractivity contribution in [3.63, 3.8) is 0 Å². The molecule has 3 aromatic rings. The average molecular weight is 1820 g/mol. The summed E-state index contributed by atoms with van der Waals surface area (Å²) in [4.78, 5) is 104. The Morgan fingerprint density at radius 1 is 0.457 bits per heavy atom. The Bertz CT molecular complexity index is 3490. The number of likely N-dealkylation sites (tertiary alicyclic amines) is 1. The molecule has 16 atom stereocenters. The Morgan fingerprint density at radius 2 is 0.811 bits per heavy atom. The Kier molecular flexibility index (Phi) is 49.1. The molecule has 0 radical (unpaired) electrons. The van der Waals surface area contributed by atoms with Crippen molar-refractivity contribution < 1.29 is 165 Å². The maximum absolute atomic E-state index is 14.2. The van der Waals surface area contributed by atoms with Gasteiger partial charge in [-0.3, -0.25) is 43.3 Å². The standard InChI is InChI=1S/C74H123N19O34/c1-47(97)79-61-67(107)64(104)54(38-94)125-71(61)122-31-28-116-25-22-113-17-12-90-35-51(83-87-90)41-119-44-74(45-120-42-52-36-91(88-84-52)13-18-114-23-26-117-29-32-123-72-62(80-48(2)98)68(108)65(105)55(39-95)126-72,46-121-43-53-37-92(89-85-53)14-19-115-24-27-118-30-33-124-73-63(81-49(3)99)69(109)66(106)56(40-96)127-73)82-59(102)5-8-76-58(101)7-15-111-20-21-112-16-10-77-57(100)6-11-93-60(103)34-50(70(93)110)4-9-78-86-75/h35-37,50,54-56,61-69,71-73,94-96,104-109H,4-34,38-46H2,1-3H3,(H,76,101)(H,77,100)(H,79,97)(H,80,98)(H,81,99)(H,82,102)/t50?,54?,55?,56?,61-,62-,63-,64-,65-,66-,67?,68?,69?,71+,72+,73+,74?/m1/s1. The molecule has 0 saturated carbocycles. The first kappa shape index (κ1) is 106. The molecule has 0 spiro atoms. The fourth-order valence-corrected chi connectivity index (χ4v) is 13.1. The molecule has 7 unspecified atom stereocenters. The molecule has 15 N–H and O–H groups in total. The number of aliphatic hydroxyl groups excluding tert-OH is 9. The minimum atomic E-state index is -1.50. The van der Waals surface area contributed by atoms with Gasteiger partial charge in [-0.15, -0.1) is 15.3 Å². The van der Waals surface area contributed by atoms with Crippen molar-refractivity contribution >= 4 is 47.3 Å². The van der Waals surface area contributed by atoms with Crippen molar-refractivity contribution in [2.45, 2.75) is 190 Å². The largest absolute Gasteiger partial charge is 0.394 e. The lowest BCUT2D eigenvalue weighted by molar-refractivity contribution is -0.272. The van der Waals surface area contributed by atoms with Crippen LogP contribution in [0.25, 0.3) is 10.4 Å². The number of imide groups is 1. The van der Waals surface area contributed by atoms with Gasteiger partial charge in [0.25, 0.3) is 0 Å². The molecule has 718 valence electrons. The summed E-state index contributed by atoms with van der Waals surface area (Å²) >= 11 is 0. The van der Waals surface area contributed by atoms with E-state index in [2.05, 4.69) is 72.9 Å². The number of azide groups is 1. The Morgan fingerprint density at radius 3 is 1.19 bits per heavy atom. The highest BCUT2D eigenvalue weighted by molar-refractivity contribution is 6.03. The van der Waals surface area contributed by atoms with Crippen molar-refractivity contribution in [2.75, 3.05) is 191 Å². The molecule has 4 fully saturated rings. The zero-order valence-corrected chi connectivity index (χ0v) is 71.3. The van der Waals surface area contributed by atoms with E-state index in [9.17, 15) is 84.3 Å². The highest BCUT2D eigenvalue weighted by Gasteiger charge is 2.49. The lowest BCUT2D eigenvalue weighted by Crippen LogP contribution is -2.64. The molecule has 53 heteroatoms. The molecule has 0 bridgehead atoms. The quantitative estimate of drug-likeness (QED) is 0.00820. The molecule has 3 aromatic heterocycles. The topological polar surface area (TPSA) is 692 Å². The Balaban J connectivity index is 0.909. The van der Waals surface area contributed by atoms with E-state index in [4.69, 9.17) is 86.1 Å². The number of aliphatic hydroxyl groups is 9. The minimum Gasteiger partial charge on any atom is -0.394 e. The van der Waals surface area contributed by atoms with Crippen LogP contribution < -0.4 is 31.9 Å². The van der Waals surface area contributed by atoms with Crippen LogP contribution in [0.1, 0.15) is 70.0 Å². The zero-order chi connectivity index (χ0) is 91.7. The van der Waals surface area contributed by atoms with E-state index in [0.29, 0.717) is 17.1 Å². The van der Waals surface area contributed by atoms with Crippen LogP contribution in [0.3, 0.4) is 0 Å². The van der Waals surface area contributed by atoms with E-state index in [-0.39, 0.29) is 243 Å². The van der Waals surface area contributed by atoms with Crippen molar-refractivity contribution in [2.24, 2.45) is 11.0 Å². The summed E-state index contributed by atoms with van der Waals surface area (Å²) < 4.78 is 103. The van der Waals surface area contributed by atoms with Gasteiger partial charge in [0.05, 0.1) is 223 Å². The molecule has 4 aliphatic heterocycles. The van der Waals surface area contributed by atoms with Crippen LogP contribution in [0.15, 0.2) is 23.7 Å². The van der Waals surface area contributed by atoms with E-state index in [0.717, 1.165) is 4.90 Å². The maximum Gasteiger partial charge on any atom is 0.232 e. The van der Waals surface area contributed by atoms with Gasteiger partial charge in [-0.1, -0.05) is 20.8 Å². The summed E-state index contributed by atoms with van der Waals surface area (Å²) in [6.45, 7) is 3.51. The summed E-state index contributed by atoms with van der Waals surface area (Å²) in [5, 5.41) is 136. The molecule has 127 heavy (non-hydrogen) atoms. The molecule has 53 nitrogen and oxygen atoms in total. The fraction of sp³-hybridized carbons (Fsp3) is 0.811. The molecular weight excluding hydrogens is 1700 g/mol. The second kappa shape index (κ2) is 59.1. The number of amides is 8. The van der Waals surface area contributed by atoms with Crippen molar-refractivity contribution in [3.8, 4) is 0 Å². The molecular formula is C74H123N19O34. The number of hydrogen-bond acceptors (Lipinski definition) is 41. The fourth-order valence-electron chi connectivity index (χ4n) is 13.1. The third-order valence-corrected chi connectivity index (χ3v) is 19.5. The molecule has 0 aromatic carbocycles. The van der Waals surface area contributed by atoms with Crippen LogP contribution in [0.2, 0.25) is 0 Å². The molecule has 7 rings (SSSR count). The third-order valence-electron chi connectivity index (χ3n) is 19.5. The van der Waals surface area contributed by atoms with Gasteiger partial charge in [0.15, 0.2) is 18.9 Å². The van der Waals surface area contributed by atoms with Gasteiger partial charge in [0, 0.05) is 83.5 Å². The van der Waals surface area contributed by atoms with Gasteiger partial charge < -0.3 is 158 Å². The predicted octanol–water partition coefficient (Wildman–Crippen LogP) is -9.24. The van der Waals surface area contributed by atoms with Gasteiger partial charge in [-0.2, -0.15) is 0 Å². The van der Waals surface area contributed by atoms with Crippen LogP contribution in [0.4, 0.5) is 0 Å². The third kappa shape index (κ3) is 38.3. The number of carbonyl (C=O) groups excluding carboxylic acids is 8. The summed E-state index contributed by atoms with van der Waals surface area (Å²) in [5.41, 5.74) is 8.18. The normalized spacial score (nSPS) is 24.1. The van der Waals surface area contributed by atoms with Crippen LogP contribution in [0, 0.1) is 5.92 Å². The number of nitrogens with one attached hydrogen (secondary N) is 6. The van der Waals surface area contributed by atoms with Crippen LogP contribution in [0.5, 0.6) is 0 Å². The van der Waals surface area contributed by atoms with Crippen LogP contribution in [-0.4, -0.2) is 432 Å². The zero-order valence-electron chi connectivity index (χ0n) is 71.3. The average Bonchev–Trinajstić information content (AvgIpc) is 1.43. The van der Waals surface area contributed by atoms with E-state index >= 15 is 0 Å². The van der Waals surface area contributed by atoms with E-state index < -0.39 is 170 Å². The Labute approximate surface area is 729 Å². The van der Waals surface area contributed by atoms with Crippen LogP contribution in [-0.2, 0) is 158 Å². The summed E-state index contributed by atoms with van der Waals surface area (Å²) in [5.74, 6) is -4.25. The first-order valence-electron chi connectivity index (χ1n) is 41.6. The minimum absolute atomic E-state index is 0.00450. The summed E-state index contributed by atoms with van der Waals surface area (Å²) in [6.07, 6.45) is -11.1. The highest BCUT2D eigenvalue weighted by atomic mass is 16.7. The van der Waals surface area contributed by atoms with Crippen LogP contribution >= 0.6 is 0 Å². The maximum atomic E-state index is 14.2. The van der Waals surface area contributed by atoms with E-state index in [1.54, 1.807) is 18.6 Å². The van der Waals surface area contributed by atoms with Gasteiger partial charge >= 0.3 is 0 Å². The van der Waals surface area contributed by atoms with E-state index in [1.165, 1.54) is 34.8 Å². The lowest BCUT2D eigenvalue weighted by Gasteiger charge is -2.42. The van der Waals surface area contributed by atoms with Gasteiger partial charge in [-0.05, 0) is 12.0 Å². The molecule has 8 amide bonds. The Hall–Kier alpha value is -8.35. The summed E-state index contributed by atoms with van der Waals surface area (Å²) in [6, 6.07) is -3.33. The van der Waals surface area contributed by atoms with Crippen molar-refractivity contribution in [3.05, 3.63) is 46.1 Å². The first-order valence-corrected chi connectivity index (χ1v) is 41.6. The second-order valence-electron chi connectivity index (χ2n) is 29.5. The van der Waals surface area contributed by atoms with Gasteiger partial charge in [-0.25, -0.2) is 14.0 Å². The molecule has 7 heterocycles. The first-order chi connectivity index (χ1) is 61.3. The number of carbonyl (C=O) groups is 8. The SMILES string of the molecule is CC(=O)N[C@@H]1C(O)[C@H](O)C(CO)O[C@@H]1OCCOCCOCCn1cc(COCC(COCc2cn(CCOCCOCCO[C@H]3OC(CO)[C@@H](O)C(O)[C@H]3NC(C)=O)nn2)(COCc2cn(CCOCCOCCO[C@H]3OC(CO)[C@@H](O)C(O)[C@H]3NC(C)=O)nn2)NC(=O)CCNC(=O)CCOCCOCCNC(=O)CCN2C(=O)CC(CCN=[N+]=[N-])C2=O)nn1. The number of aromatic nitrogens is 9. The number of nitrogens with zero attached hydrogens (tertiary/aromatic N) is 13. The summed E-state index contributed by atoms with van der Waals surface area (Å²) in [7, 11) is 0. The number of rotatable bonds is 67. The lowest BCUT2D eigenvalue weighted by atomic mass is 9.97. The molecule has 4 saturated heterocycles. The smallest absolute Gasteiger partial charge is 0.232 e. The number of hydrogen-bond donors (Lipinski definition) is 15. The molecule has 0 aliphatic carbocycles. The highest BCUT2D eigenvalue weighted by Crippen LogP contribution is 2.27. The predicted molar refractivity (Wildman–Crippen MR) is 424 cm³/mol.